The zero-order valence-electron chi connectivity index (χ0n) is 13.1. The van der Waals surface area contributed by atoms with Gasteiger partial charge in [-0.25, -0.2) is 16.2 Å². The van der Waals surface area contributed by atoms with Crippen molar-refractivity contribution in [3.05, 3.63) is 29.8 Å². The normalized spacial score (nSPS) is 11.1. The van der Waals surface area contributed by atoms with E-state index in [1.165, 1.54) is 23.9 Å². The first-order valence-electron chi connectivity index (χ1n) is 7.28. The molecule has 0 aliphatic rings. The molecule has 0 spiro atoms. The summed E-state index contributed by atoms with van der Waals surface area (Å²) >= 11 is 1.28. The van der Waals surface area contributed by atoms with Crippen LogP contribution in [0.2, 0.25) is 0 Å². The minimum atomic E-state index is -0.997. The molecule has 1 aromatic rings. The molecule has 0 saturated carbocycles. The molecule has 0 heterocycles. The quantitative estimate of drug-likeness (QED) is 0.201. The van der Waals surface area contributed by atoms with Gasteiger partial charge in [0.25, 0.3) is 5.91 Å². The van der Waals surface area contributed by atoms with Crippen LogP contribution in [0.3, 0.4) is 0 Å². The van der Waals surface area contributed by atoms with E-state index in [-0.39, 0.29) is 5.56 Å². The number of rotatable bonds is 9. The number of nitrogens with two attached hydrogens (primary N) is 1. The Labute approximate surface area is 139 Å². The number of carboxylic acid groups (broad SMARTS) is 1. The number of amides is 1. The third-order valence-corrected chi connectivity index (χ3v) is 4.34. The van der Waals surface area contributed by atoms with Crippen molar-refractivity contribution in [2.75, 3.05) is 0 Å². The minimum absolute atomic E-state index is 0.189. The second-order valence-corrected chi connectivity index (χ2v) is 6.04. The van der Waals surface area contributed by atoms with Gasteiger partial charge in [0.2, 0.25) is 0 Å². The average Bonchev–Trinajstić information content (AvgIpc) is 2.59. The van der Waals surface area contributed by atoms with Crippen LogP contribution < -0.4 is 11.4 Å². The molecule has 1 aromatic carbocycles. The van der Waals surface area contributed by atoms with Gasteiger partial charge in [0.1, 0.15) is 0 Å². The molecule has 0 fully saturated rings. The van der Waals surface area contributed by atoms with Gasteiger partial charge in [0, 0.05) is 4.90 Å². The maximum Gasteiger partial charge on any atom is 0.335 e. The summed E-state index contributed by atoms with van der Waals surface area (Å²) in [6, 6.07) is 6.46. The van der Waals surface area contributed by atoms with Gasteiger partial charge in [-0.1, -0.05) is 38.7 Å². The molecule has 23 heavy (non-hydrogen) atoms. The zero-order chi connectivity index (χ0) is 17.7. The van der Waals surface area contributed by atoms with E-state index in [0.717, 1.165) is 25.7 Å². The predicted molar refractivity (Wildman–Crippen MR) is 87.7 cm³/mol. The Balaban J connectivity index is 0.00000232. The fraction of sp³-hybridized carbons (Fsp3) is 0.467. The van der Waals surface area contributed by atoms with Crippen molar-refractivity contribution in [1.82, 2.24) is 5.48 Å². The van der Waals surface area contributed by atoms with Gasteiger partial charge < -0.3 is 10.3 Å². The van der Waals surface area contributed by atoms with E-state index < -0.39 is 17.1 Å². The average molecular weight is 344 g/mol. The Hall–Kier alpha value is -1.61. The molecule has 0 aliphatic carbocycles. The van der Waals surface area contributed by atoms with Crippen LogP contribution in [-0.4, -0.2) is 32.6 Å². The van der Waals surface area contributed by atoms with Crippen molar-refractivity contribution in [1.29, 1.82) is 0 Å². The van der Waals surface area contributed by atoms with Gasteiger partial charge in [0.15, 0.2) is 0 Å². The number of hydroxylamine groups is 1. The number of thioether (sulfide) groups is 1. The van der Waals surface area contributed by atoms with Gasteiger partial charge in [-0.3, -0.25) is 10.0 Å². The zero-order valence-corrected chi connectivity index (χ0v) is 13.9. The molecule has 1 amide bonds. The highest BCUT2D eigenvalue weighted by atomic mass is 32.2. The van der Waals surface area contributed by atoms with Crippen LogP contribution in [0.15, 0.2) is 29.2 Å². The lowest BCUT2D eigenvalue weighted by Gasteiger charge is -2.14. The molecule has 0 aliphatic heterocycles. The lowest BCUT2D eigenvalue weighted by atomic mass is 10.1. The Morgan fingerprint density at radius 3 is 2.52 bits per heavy atom. The highest BCUT2D eigenvalue weighted by Crippen LogP contribution is 2.28. The van der Waals surface area contributed by atoms with Gasteiger partial charge in [-0.15, -0.1) is 11.8 Å². The largest absolute Gasteiger partial charge is 0.478 e. The molecule has 1 atom stereocenters. The Morgan fingerprint density at radius 1 is 1.26 bits per heavy atom. The van der Waals surface area contributed by atoms with Crippen molar-refractivity contribution in [3.63, 3.8) is 0 Å². The van der Waals surface area contributed by atoms with E-state index in [4.69, 9.17) is 15.5 Å². The molecule has 6 N–H and O–H groups in total. The number of benzene rings is 1. The summed E-state index contributed by atoms with van der Waals surface area (Å²) in [6.45, 7) is 2.12. The number of carbonyl (C=O) groups excluding carboxylic acids is 1. The van der Waals surface area contributed by atoms with Crippen LogP contribution in [0.5, 0.6) is 0 Å². The number of nitrogens with one attached hydrogen (secondary N) is 1. The van der Waals surface area contributed by atoms with Gasteiger partial charge in [0.05, 0.1) is 10.8 Å². The number of hydrogen-bond acceptors (Lipinski definition) is 6. The van der Waals surface area contributed by atoms with Crippen molar-refractivity contribution < 1.29 is 25.1 Å². The molecule has 1 rings (SSSR count). The van der Waals surface area contributed by atoms with Crippen LogP contribution in [-0.2, 0) is 4.79 Å². The fourth-order valence-electron chi connectivity index (χ4n) is 1.94. The first kappa shape index (κ1) is 21.4. The summed E-state index contributed by atoms with van der Waals surface area (Å²) in [5.41, 5.74) is 1.88. The molecule has 0 saturated heterocycles. The Morgan fingerprint density at radius 2 is 1.96 bits per heavy atom. The van der Waals surface area contributed by atoms with Gasteiger partial charge in [-0.2, -0.15) is 0 Å². The van der Waals surface area contributed by atoms with E-state index in [0.29, 0.717) is 11.3 Å². The summed E-state index contributed by atoms with van der Waals surface area (Å²) in [6.07, 6.45) is 4.82. The molecule has 130 valence electrons. The summed E-state index contributed by atoms with van der Waals surface area (Å²) in [5.74, 6) is 2.06. The summed E-state index contributed by atoms with van der Waals surface area (Å²) in [7, 11) is 0. The SMILES string of the molecule is CCCCCCC(Sc1cccc(C(=O)O)c1)C(=O)NO.NO. The Kier molecular flexibility index (Phi) is 12.0. The maximum absolute atomic E-state index is 11.7. The van der Waals surface area contributed by atoms with E-state index in [1.54, 1.807) is 17.6 Å². The third kappa shape index (κ3) is 8.56. The monoisotopic (exact) mass is 344 g/mol. The first-order chi connectivity index (χ1) is 11.1. The first-order valence-corrected chi connectivity index (χ1v) is 8.16. The van der Waals surface area contributed by atoms with Crippen LogP contribution in [0.1, 0.15) is 49.4 Å². The minimum Gasteiger partial charge on any atom is -0.478 e. The van der Waals surface area contributed by atoms with Crippen molar-refractivity contribution in [2.45, 2.75) is 49.2 Å². The number of unbranched alkanes of at least 4 members (excludes halogenated alkanes) is 3. The van der Waals surface area contributed by atoms with Crippen molar-refractivity contribution >= 4 is 23.6 Å². The molecule has 0 bridgehead atoms. The summed E-state index contributed by atoms with van der Waals surface area (Å²) in [4.78, 5) is 23.4. The van der Waals surface area contributed by atoms with E-state index in [1.807, 2.05) is 0 Å². The molecule has 1 unspecified atom stereocenters. The predicted octanol–water partition coefficient (Wildman–Crippen LogP) is 2.66. The van der Waals surface area contributed by atoms with Crippen molar-refractivity contribution in [2.24, 2.45) is 5.90 Å². The van der Waals surface area contributed by atoms with Crippen LogP contribution >= 0.6 is 11.8 Å². The van der Waals surface area contributed by atoms with Gasteiger partial charge in [-0.05, 0) is 24.6 Å². The molecular weight excluding hydrogens is 320 g/mol. The Bertz CT molecular complexity index is 485. The maximum atomic E-state index is 11.7. The van der Waals surface area contributed by atoms with Crippen molar-refractivity contribution in [3.8, 4) is 0 Å². The van der Waals surface area contributed by atoms with Crippen LogP contribution in [0, 0.1) is 0 Å². The van der Waals surface area contributed by atoms with Gasteiger partial charge >= 0.3 is 5.97 Å². The number of carbonyl (C=O) groups is 2. The fourth-order valence-corrected chi connectivity index (χ4v) is 3.06. The topological polar surface area (TPSA) is 133 Å². The third-order valence-electron chi connectivity index (χ3n) is 3.08. The second kappa shape index (κ2) is 12.9. The molecule has 7 nitrogen and oxygen atoms in total. The summed E-state index contributed by atoms with van der Waals surface area (Å²) < 4.78 is 0. The van der Waals surface area contributed by atoms with E-state index >= 15 is 0 Å². The smallest absolute Gasteiger partial charge is 0.335 e. The lowest BCUT2D eigenvalue weighted by Crippen LogP contribution is -2.30. The molecular formula is C15H24N2O5S. The van der Waals surface area contributed by atoms with E-state index in [9.17, 15) is 9.59 Å². The highest BCUT2D eigenvalue weighted by Gasteiger charge is 2.19. The second-order valence-electron chi connectivity index (χ2n) is 4.76. The summed E-state index contributed by atoms with van der Waals surface area (Å²) in [5, 5.41) is 23.9. The lowest BCUT2D eigenvalue weighted by molar-refractivity contribution is -0.128. The number of carboxylic acids is 1. The standard InChI is InChI=1S/C15H21NO4S.H3NO/c1-2-3-4-5-9-13(14(17)16-20)21-12-8-6-7-11(10-12)15(18)19;1-2/h6-8,10,13,20H,2-5,9H2,1H3,(H,16,17)(H,18,19);2H,1H2. The number of aromatic carboxylic acids is 1. The molecule has 8 heteroatoms. The van der Waals surface area contributed by atoms with Crippen LogP contribution in [0.4, 0.5) is 0 Å². The van der Waals surface area contributed by atoms with E-state index in [2.05, 4.69) is 12.8 Å². The molecule has 0 radical (unpaired) electrons. The molecule has 0 aromatic heterocycles. The van der Waals surface area contributed by atoms with Crippen LogP contribution in [0.25, 0.3) is 0 Å². The highest BCUT2D eigenvalue weighted by molar-refractivity contribution is 8.00. The number of hydrogen-bond donors (Lipinski definition) is 5.